The fourth-order valence-electron chi connectivity index (χ4n) is 3.82. The van der Waals surface area contributed by atoms with Crippen molar-refractivity contribution in [3.63, 3.8) is 0 Å². The lowest BCUT2D eigenvalue weighted by Crippen LogP contribution is -2.68. The molecule has 150 valence electrons. The predicted octanol–water partition coefficient (Wildman–Crippen LogP) is 5.59. The van der Waals surface area contributed by atoms with Gasteiger partial charge in [-0.1, -0.05) is 74.5 Å². The quantitative estimate of drug-likeness (QED) is 0.678. The van der Waals surface area contributed by atoms with Gasteiger partial charge in [0.2, 0.25) is 0 Å². The number of ether oxygens (including phenoxy) is 2. The highest BCUT2D eigenvalue weighted by Gasteiger charge is 2.57. The number of nitrogens with zero attached hydrogens (tertiary/aromatic N) is 1. The summed E-state index contributed by atoms with van der Waals surface area (Å²) >= 11 is 0. The number of rotatable bonds is 5. The summed E-state index contributed by atoms with van der Waals surface area (Å²) in [7, 11) is 0. The SMILES string of the molecule is CC(C)[C@]1(N(Cc2ccccc2)C(=O)OC(C)(C)C)CO[C@@H]1c1ccccc1. The maximum atomic E-state index is 13.3. The van der Waals surface area contributed by atoms with Gasteiger partial charge in [-0.05, 0) is 37.8 Å². The molecule has 0 bridgehead atoms. The van der Waals surface area contributed by atoms with E-state index in [1.54, 1.807) is 0 Å². The van der Waals surface area contributed by atoms with E-state index in [9.17, 15) is 4.79 Å². The number of benzene rings is 2. The van der Waals surface area contributed by atoms with E-state index < -0.39 is 11.1 Å². The smallest absolute Gasteiger partial charge is 0.411 e. The molecule has 0 N–H and O–H groups in total. The Morgan fingerprint density at radius 2 is 1.68 bits per heavy atom. The molecule has 1 saturated heterocycles. The van der Waals surface area contributed by atoms with E-state index in [0.717, 1.165) is 11.1 Å². The molecule has 4 heteroatoms. The molecule has 4 nitrogen and oxygen atoms in total. The first kappa shape index (κ1) is 20.4. The van der Waals surface area contributed by atoms with Crippen LogP contribution in [0.1, 0.15) is 51.8 Å². The van der Waals surface area contributed by atoms with Crippen LogP contribution >= 0.6 is 0 Å². The highest BCUT2D eigenvalue weighted by atomic mass is 16.6. The van der Waals surface area contributed by atoms with Crippen molar-refractivity contribution in [2.24, 2.45) is 5.92 Å². The van der Waals surface area contributed by atoms with Crippen LogP contribution in [-0.2, 0) is 16.0 Å². The standard InChI is InChI=1S/C24H31NO3/c1-18(2)24(17-27-21(24)20-14-10-7-11-15-20)25(22(26)28-23(3,4)5)16-19-12-8-6-9-13-19/h6-15,18,21H,16-17H2,1-5H3/t21-,24-/m1/s1. The topological polar surface area (TPSA) is 38.8 Å². The Bertz CT molecular complexity index is 783. The lowest BCUT2D eigenvalue weighted by molar-refractivity contribution is -0.222. The van der Waals surface area contributed by atoms with Gasteiger partial charge in [-0.15, -0.1) is 0 Å². The monoisotopic (exact) mass is 381 g/mol. The van der Waals surface area contributed by atoms with Crippen molar-refractivity contribution in [1.29, 1.82) is 0 Å². The molecule has 2 atom stereocenters. The molecule has 3 rings (SSSR count). The van der Waals surface area contributed by atoms with Crippen LogP contribution in [0.25, 0.3) is 0 Å². The number of carbonyl (C=O) groups is 1. The summed E-state index contributed by atoms with van der Waals surface area (Å²) in [6.45, 7) is 11.0. The van der Waals surface area contributed by atoms with E-state index >= 15 is 0 Å². The van der Waals surface area contributed by atoms with Crippen molar-refractivity contribution in [2.75, 3.05) is 6.61 Å². The zero-order valence-electron chi connectivity index (χ0n) is 17.5. The van der Waals surface area contributed by atoms with Gasteiger partial charge in [-0.2, -0.15) is 0 Å². The molecule has 0 unspecified atom stereocenters. The van der Waals surface area contributed by atoms with Gasteiger partial charge in [-0.25, -0.2) is 4.79 Å². The third-order valence-corrected chi connectivity index (χ3v) is 5.34. The van der Waals surface area contributed by atoms with Crippen molar-refractivity contribution < 1.29 is 14.3 Å². The van der Waals surface area contributed by atoms with Crippen molar-refractivity contribution in [3.8, 4) is 0 Å². The van der Waals surface area contributed by atoms with Gasteiger partial charge in [0, 0.05) is 6.54 Å². The van der Waals surface area contributed by atoms with Crippen molar-refractivity contribution in [3.05, 3.63) is 71.8 Å². The third-order valence-electron chi connectivity index (χ3n) is 5.34. The fourth-order valence-corrected chi connectivity index (χ4v) is 3.82. The maximum absolute atomic E-state index is 13.3. The van der Waals surface area contributed by atoms with E-state index in [-0.39, 0.29) is 18.1 Å². The van der Waals surface area contributed by atoms with Gasteiger partial charge in [0.25, 0.3) is 0 Å². The van der Waals surface area contributed by atoms with E-state index in [1.807, 2.05) is 74.2 Å². The van der Waals surface area contributed by atoms with Gasteiger partial charge in [-0.3, -0.25) is 4.90 Å². The van der Waals surface area contributed by atoms with Gasteiger partial charge in [0.1, 0.15) is 17.2 Å². The normalized spacial score (nSPS) is 21.9. The molecular weight excluding hydrogens is 350 g/mol. The summed E-state index contributed by atoms with van der Waals surface area (Å²) in [5.41, 5.74) is 1.15. The average molecular weight is 382 g/mol. The van der Waals surface area contributed by atoms with Gasteiger partial charge >= 0.3 is 6.09 Å². The molecule has 1 amide bonds. The maximum Gasteiger partial charge on any atom is 0.411 e. The van der Waals surface area contributed by atoms with E-state index in [1.165, 1.54) is 0 Å². The van der Waals surface area contributed by atoms with Gasteiger partial charge < -0.3 is 9.47 Å². The Labute approximate surface area is 168 Å². The Kier molecular flexibility index (Phi) is 5.80. The van der Waals surface area contributed by atoms with Crippen molar-refractivity contribution in [2.45, 2.75) is 58.4 Å². The summed E-state index contributed by atoms with van der Waals surface area (Å²) in [6.07, 6.45) is -0.473. The Hall–Kier alpha value is -2.33. The first-order chi connectivity index (χ1) is 13.2. The molecule has 0 saturated carbocycles. The molecule has 0 spiro atoms. The highest BCUT2D eigenvalue weighted by molar-refractivity contribution is 5.70. The number of carbonyl (C=O) groups excluding carboxylic acids is 1. The molecule has 1 aliphatic rings. The number of amides is 1. The third kappa shape index (κ3) is 4.07. The van der Waals surface area contributed by atoms with Crippen LogP contribution in [0, 0.1) is 5.92 Å². The first-order valence-corrected chi connectivity index (χ1v) is 9.95. The van der Waals surface area contributed by atoms with Crippen LogP contribution in [0.3, 0.4) is 0 Å². The van der Waals surface area contributed by atoms with E-state index in [2.05, 4.69) is 26.0 Å². The van der Waals surface area contributed by atoms with E-state index in [4.69, 9.17) is 9.47 Å². The Balaban J connectivity index is 2.01. The molecule has 1 aliphatic heterocycles. The molecule has 2 aromatic carbocycles. The summed E-state index contributed by atoms with van der Waals surface area (Å²) in [5.74, 6) is 0.197. The minimum Gasteiger partial charge on any atom is -0.444 e. The molecule has 0 radical (unpaired) electrons. The minimum atomic E-state index is -0.558. The van der Waals surface area contributed by atoms with Crippen LogP contribution < -0.4 is 0 Å². The van der Waals surface area contributed by atoms with Crippen LogP contribution in [0.15, 0.2) is 60.7 Å². The van der Waals surface area contributed by atoms with Crippen LogP contribution in [0.5, 0.6) is 0 Å². The predicted molar refractivity (Wildman–Crippen MR) is 111 cm³/mol. The van der Waals surface area contributed by atoms with Gasteiger partial charge in [0.15, 0.2) is 0 Å². The molecule has 0 aromatic heterocycles. The van der Waals surface area contributed by atoms with Crippen molar-refractivity contribution in [1.82, 2.24) is 4.90 Å². The number of hydrogen-bond acceptors (Lipinski definition) is 3. The summed E-state index contributed by atoms with van der Waals surface area (Å²) in [6, 6.07) is 20.2. The zero-order valence-corrected chi connectivity index (χ0v) is 17.5. The molecule has 2 aromatic rings. The second kappa shape index (κ2) is 7.96. The molecule has 1 fully saturated rings. The lowest BCUT2D eigenvalue weighted by atomic mass is 9.73. The average Bonchev–Trinajstić information content (AvgIpc) is 2.60. The number of hydrogen-bond donors (Lipinski definition) is 0. The summed E-state index contributed by atoms with van der Waals surface area (Å²) in [4.78, 5) is 15.2. The molecule has 1 heterocycles. The Morgan fingerprint density at radius 1 is 1.11 bits per heavy atom. The van der Waals surface area contributed by atoms with Crippen LogP contribution in [0.2, 0.25) is 0 Å². The van der Waals surface area contributed by atoms with E-state index in [0.29, 0.717) is 13.2 Å². The fraction of sp³-hybridized carbons (Fsp3) is 0.458. The molecule has 0 aliphatic carbocycles. The van der Waals surface area contributed by atoms with Crippen LogP contribution in [0.4, 0.5) is 4.79 Å². The Morgan fingerprint density at radius 3 is 2.14 bits per heavy atom. The lowest BCUT2D eigenvalue weighted by Gasteiger charge is -2.57. The largest absolute Gasteiger partial charge is 0.444 e. The van der Waals surface area contributed by atoms with Crippen LogP contribution in [-0.4, -0.2) is 28.7 Å². The molecular formula is C24H31NO3. The second-order valence-electron chi connectivity index (χ2n) is 8.80. The highest BCUT2D eigenvalue weighted by Crippen LogP contribution is 2.49. The zero-order chi connectivity index (χ0) is 20.4. The molecule has 28 heavy (non-hydrogen) atoms. The summed E-state index contributed by atoms with van der Waals surface area (Å²) in [5, 5.41) is 0. The first-order valence-electron chi connectivity index (χ1n) is 9.95. The second-order valence-corrected chi connectivity index (χ2v) is 8.80. The van der Waals surface area contributed by atoms with Crippen molar-refractivity contribution >= 4 is 6.09 Å². The minimum absolute atomic E-state index is 0.176. The van der Waals surface area contributed by atoms with Gasteiger partial charge in [0.05, 0.1) is 6.61 Å². The summed E-state index contributed by atoms with van der Waals surface area (Å²) < 4.78 is 11.9.